The maximum absolute atomic E-state index is 11.5. The van der Waals surface area contributed by atoms with Gasteiger partial charge in [0.15, 0.2) is 0 Å². The minimum atomic E-state index is 0.0518. The third-order valence-electron chi connectivity index (χ3n) is 2.54. The second-order valence-corrected chi connectivity index (χ2v) is 4.43. The highest BCUT2D eigenvalue weighted by Crippen LogP contribution is 1.98. The standard InChI is InChI=1S/C11H24N2O2/c1-9(2)13(4)8-11(15)12-7-10(3)5-6-14/h9-10,14H,5-8H2,1-4H3,(H,12,15). The van der Waals surface area contributed by atoms with E-state index in [0.29, 0.717) is 25.0 Å². The summed E-state index contributed by atoms with van der Waals surface area (Å²) in [5.74, 6) is 0.388. The lowest BCUT2D eigenvalue weighted by atomic mass is 10.1. The molecule has 0 aliphatic carbocycles. The molecule has 4 nitrogen and oxygen atoms in total. The van der Waals surface area contributed by atoms with E-state index in [1.54, 1.807) is 0 Å². The average Bonchev–Trinajstić information content (AvgIpc) is 2.15. The zero-order chi connectivity index (χ0) is 11.8. The van der Waals surface area contributed by atoms with Crippen LogP contribution in [0.1, 0.15) is 27.2 Å². The normalized spacial score (nSPS) is 13.3. The summed E-state index contributed by atoms with van der Waals surface area (Å²) in [6.45, 7) is 7.39. The van der Waals surface area contributed by atoms with Crippen LogP contribution in [0.3, 0.4) is 0 Å². The molecule has 0 aromatic heterocycles. The highest BCUT2D eigenvalue weighted by molar-refractivity contribution is 5.77. The van der Waals surface area contributed by atoms with Crippen molar-refractivity contribution in [2.75, 3.05) is 26.7 Å². The Morgan fingerprint density at radius 1 is 1.40 bits per heavy atom. The largest absolute Gasteiger partial charge is 0.396 e. The van der Waals surface area contributed by atoms with Gasteiger partial charge in [0.05, 0.1) is 6.54 Å². The molecule has 1 atom stereocenters. The van der Waals surface area contributed by atoms with Crippen molar-refractivity contribution in [3.8, 4) is 0 Å². The molecule has 0 heterocycles. The fraction of sp³-hybridized carbons (Fsp3) is 0.909. The van der Waals surface area contributed by atoms with Crippen LogP contribution in [0.5, 0.6) is 0 Å². The average molecular weight is 216 g/mol. The van der Waals surface area contributed by atoms with Gasteiger partial charge in [-0.15, -0.1) is 0 Å². The lowest BCUT2D eigenvalue weighted by Gasteiger charge is -2.20. The van der Waals surface area contributed by atoms with Gasteiger partial charge >= 0.3 is 0 Å². The van der Waals surface area contributed by atoms with Crippen LogP contribution in [0.25, 0.3) is 0 Å². The van der Waals surface area contributed by atoms with E-state index >= 15 is 0 Å². The van der Waals surface area contributed by atoms with Gasteiger partial charge in [0.2, 0.25) is 5.91 Å². The second kappa shape index (κ2) is 7.65. The van der Waals surface area contributed by atoms with Crippen molar-refractivity contribution in [1.82, 2.24) is 10.2 Å². The van der Waals surface area contributed by atoms with Crippen molar-refractivity contribution in [3.63, 3.8) is 0 Å². The first kappa shape index (κ1) is 14.4. The Kier molecular flexibility index (Phi) is 7.34. The Morgan fingerprint density at radius 3 is 2.47 bits per heavy atom. The molecule has 0 fully saturated rings. The first-order valence-electron chi connectivity index (χ1n) is 5.55. The van der Waals surface area contributed by atoms with Gasteiger partial charge in [0.1, 0.15) is 0 Å². The Morgan fingerprint density at radius 2 is 2.00 bits per heavy atom. The fourth-order valence-electron chi connectivity index (χ4n) is 1.08. The summed E-state index contributed by atoms with van der Waals surface area (Å²) in [4.78, 5) is 13.4. The summed E-state index contributed by atoms with van der Waals surface area (Å²) in [7, 11) is 1.93. The first-order valence-corrected chi connectivity index (χ1v) is 5.55. The Labute approximate surface area is 92.7 Å². The zero-order valence-corrected chi connectivity index (χ0v) is 10.3. The summed E-state index contributed by atoms with van der Waals surface area (Å²) in [5.41, 5.74) is 0. The van der Waals surface area contributed by atoms with Crippen molar-refractivity contribution in [2.45, 2.75) is 33.2 Å². The van der Waals surface area contributed by atoms with Crippen molar-refractivity contribution in [1.29, 1.82) is 0 Å². The van der Waals surface area contributed by atoms with E-state index in [9.17, 15) is 4.79 Å². The van der Waals surface area contributed by atoms with Crippen LogP contribution in [0, 0.1) is 5.92 Å². The third kappa shape index (κ3) is 7.33. The van der Waals surface area contributed by atoms with Gasteiger partial charge in [-0.25, -0.2) is 0 Å². The molecule has 1 amide bonds. The minimum Gasteiger partial charge on any atom is -0.396 e. The number of carbonyl (C=O) groups excluding carboxylic acids is 1. The van der Waals surface area contributed by atoms with Crippen LogP contribution in [-0.2, 0) is 4.79 Å². The van der Waals surface area contributed by atoms with E-state index in [0.717, 1.165) is 6.42 Å². The van der Waals surface area contributed by atoms with E-state index in [-0.39, 0.29) is 12.5 Å². The molecule has 0 saturated heterocycles. The molecule has 2 N–H and O–H groups in total. The molecule has 15 heavy (non-hydrogen) atoms. The van der Waals surface area contributed by atoms with Crippen molar-refractivity contribution >= 4 is 5.91 Å². The molecule has 0 aromatic rings. The zero-order valence-electron chi connectivity index (χ0n) is 10.3. The highest BCUT2D eigenvalue weighted by Gasteiger charge is 2.09. The van der Waals surface area contributed by atoms with E-state index in [1.807, 2.05) is 18.9 Å². The molecule has 0 bridgehead atoms. The van der Waals surface area contributed by atoms with Gasteiger partial charge in [0.25, 0.3) is 0 Å². The smallest absolute Gasteiger partial charge is 0.234 e. The van der Waals surface area contributed by atoms with Gasteiger partial charge in [-0.2, -0.15) is 0 Å². The molecule has 0 radical (unpaired) electrons. The number of hydrogen-bond donors (Lipinski definition) is 2. The number of nitrogens with zero attached hydrogens (tertiary/aromatic N) is 1. The summed E-state index contributed by atoms with van der Waals surface area (Å²) in [6, 6.07) is 0.380. The molecule has 0 rings (SSSR count). The van der Waals surface area contributed by atoms with Crippen molar-refractivity contribution in [2.24, 2.45) is 5.92 Å². The molecule has 90 valence electrons. The van der Waals surface area contributed by atoms with Crippen LogP contribution in [-0.4, -0.2) is 48.7 Å². The molecule has 1 unspecified atom stereocenters. The monoisotopic (exact) mass is 216 g/mol. The molecule has 0 saturated carbocycles. The summed E-state index contributed by atoms with van der Waals surface area (Å²) in [6.07, 6.45) is 0.736. The Balaban J connectivity index is 3.66. The SMILES string of the molecule is CC(CCO)CNC(=O)CN(C)C(C)C. The van der Waals surface area contributed by atoms with E-state index in [4.69, 9.17) is 5.11 Å². The predicted octanol–water partition coefficient (Wildman–Crippen LogP) is 0.461. The molecule has 0 aromatic carbocycles. The molecule has 0 aliphatic heterocycles. The van der Waals surface area contributed by atoms with E-state index in [2.05, 4.69) is 19.2 Å². The van der Waals surface area contributed by atoms with E-state index in [1.165, 1.54) is 0 Å². The fourth-order valence-corrected chi connectivity index (χ4v) is 1.08. The molecule has 0 spiro atoms. The molecule has 0 aliphatic rings. The number of rotatable bonds is 7. The maximum Gasteiger partial charge on any atom is 0.234 e. The molecular formula is C11H24N2O2. The number of hydrogen-bond acceptors (Lipinski definition) is 3. The third-order valence-corrected chi connectivity index (χ3v) is 2.54. The first-order chi connectivity index (χ1) is 6.97. The van der Waals surface area contributed by atoms with Gasteiger partial charge in [-0.1, -0.05) is 6.92 Å². The lowest BCUT2D eigenvalue weighted by Crippen LogP contribution is -2.39. The Hall–Kier alpha value is -0.610. The van der Waals surface area contributed by atoms with Gasteiger partial charge in [0, 0.05) is 19.2 Å². The number of carbonyl (C=O) groups is 1. The number of likely N-dealkylation sites (N-methyl/N-ethyl adjacent to an activating group) is 1. The van der Waals surface area contributed by atoms with Crippen molar-refractivity contribution in [3.05, 3.63) is 0 Å². The summed E-state index contributed by atoms with van der Waals surface area (Å²) < 4.78 is 0. The van der Waals surface area contributed by atoms with Gasteiger partial charge < -0.3 is 10.4 Å². The van der Waals surface area contributed by atoms with Crippen LogP contribution in [0.2, 0.25) is 0 Å². The maximum atomic E-state index is 11.5. The predicted molar refractivity (Wildman–Crippen MR) is 61.6 cm³/mol. The second-order valence-electron chi connectivity index (χ2n) is 4.43. The van der Waals surface area contributed by atoms with Crippen LogP contribution >= 0.6 is 0 Å². The number of nitrogens with one attached hydrogen (secondary N) is 1. The molecule has 4 heteroatoms. The quantitative estimate of drug-likeness (QED) is 0.650. The minimum absolute atomic E-state index is 0.0518. The van der Waals surface area contributed by atoms with Crippen LogP contribution < -0.4 is 5.32 Å². The van der Waals surface area contributed by atoms with Crippen molar-refractivity contribution < 1.29 is 9.90 Å². The summed E-state index contributed by atoms with van der Waals surface area (Å²) >= 11 is 0. The number of aliphatic hydroxyl groups is 1. The Bertz CT molecular complexity index is 183. The van der Waals surface area contributed by atoms with E-state index < -0.39 is 0 Å². The highest BCUT2D eigenvalue weighted by atomic mass is 16.3. The van der Waals surface area contributed by atoms with Crippen LogP contribution in [0.15, 0.2) is 0 Å². The number of aliphatic hydroxyl groups excluding tert-OH is 1. The summed E-state index contributed by atoms with van der Waals surface area (Å²) in [5, 5.41) is 11.6. The number of amides is 1. The topological polar surface area (TPSA) is 52.6 Å². The molecular weight excluding hydrogens is 192 g/mol. The van der Waals surface area contributed by atoms with Crippen LogP contribution in [0.4, 0.5) is 0 Å². The van der Waals surface area contributed by atoms with Gasteiger partial charge in [-0.3, -0.25) is 9.69 Å². The van der Waals surface area contributed by atoms with Gasteiger partial charge in [-0.05, 0) is 33.2 Å². The lowest BCUT2D eigenvalue weighted by molar-refractivity contribution is -0.122.